The van der Waals surface area contributed by atoms with Gasteiger partial charge in [0.25, 0.3) is 0 Å². The Hall–Kier alpha value is -2.47. The van der Waals surface area contributed by atoms with Crippen LogP contribution in [0.25, 0.3) is 0 Å². The van der Waals surface area contributed by atoms with Crippen LogP contribution in [-0.4, -0.2) is 264 Å². The van der Waals surface area contributed by atoms with Gasteiger partial charge in [-0.2, -0.15) is 0 Å². The summed E-state index contributed by atoms with van der Waals surface area (Å²) in [4.78, 5) is 37.9. The molecular weight excluding hydrogens is 852 g/mol. The van der Waals surface area contributed by atoms with Crippen LogP contribution in [0.5, 0.6) is 0 Å². The first kappa shape index (κ1) is 49.0. The number of carbonyl (C=O) groups excluding carboxylic acids is 2. The quantitative estimate of drug-likeness (QED) is 0.0968. The van der Waals surface area contributed by atoms with Crippen LogP contribution in [-0.2, 0) is 61.8 Å². The van der Waals surface area contributed by atoms with Crippen molar-refractivity contribution in [1.82, 2.24) is 10.6 Å². The van der Waals surface area contributed by atoms with Crippen molar-refractivity contribution >= 4 is 17.8 Å². The molecule has 28 heteroatoms. The minimum atomic E-state index is -2.36. The van der Waals surface area contributed by atoms with Gasteiger partial charge in [0.15, 0.2) is 37.6 Å². The summed E-state index contributed by atoms with van der Waals surface area (Å²) in [5, 5.41) is 145. The number of hydrogen-bond donors (Lipinski definition) is 15. The van der Waals surface area contributed by atoms with Crippen LogP contribution in [0, 0.1) is 0 Å². The maximum atomic E-state index is 12.8. The van der Waals surface area contributed by atoms with Crippen LogP contribution in [0.3, 0.4) is 0 Å². The highest BCUT2D eigenvalue weighted by molar-refractivity contribution is 5.74. The third-order valence-electron chi connectivity index (χ3n) is 11.3. The molecule has 25 atom stereocenters. The van der Waals surface area contributed by atoms with Crippen LogP contribution in [0.4, 0.5) is 0 Å². The number of carboxylic acid groups (broad SMARTS) is 1. The van der Waals surface area contributed by atoms with E-state index in [2.05, 4.69) is 10.6 Å². The van der Waals surface area contributed by atoms with E-state index in [4.69, 9.17) is 47.4 Å². The molecule has 28 nitrogen and oxygen atoms in total. The molecule has 0 aromatic carbocycles. The van der Waals surface area contributed by atoms with Crippen LogP contribution >= 0.6 is 0 Å². The van der Waals surface area contributed by atoms with E-state index in [1.807, 2.05) is 0 Å². The number of carboxylic acids is 1. The van der Waals surface area contributed by atoms with E-state index in [-0.39, 0.29) is 0 Å². The second-order valence-electron chi connectivity index (χ2n) is 15.5. The van der Waals surface area contributed by atoms with Gasteiger partial charge in [-0.25, -0.2) is 4.79 Å². The molecule has 62 heavy (non-hydrogen) atoms. The summed E-state index contributed by atoms with van der Waals surface area (Å²) in [5.41, 5.74) is 0. The van der Waals surface area contributed by atoms with Gasteiger partial charge in [-0.05, 0) is 0 Å². The van der Waals surface area contributed by atoms with Gasteiger partial charge in [0.05, 0.1) is 26.4 Å². The molecule has 0 radical (unpaired) electrons. The van der Waals surface area contributed by atoms with Crippen LogP contribution in [0.1, 0.15) is 13.8 Å². The summed E-state index contributed by atoms with van der Waals surface area (Å²) in [6.07, 6.45) is -44.7. The number of aliphatic carboxylic acids is 1. The highest BCUT2D eigenvalue weighted by Gasteiger charge is 2.60. The van der Waals surface area contributed by atoms with Gasteiger partial charge in [0, 0.05) is 13.8 Å². The van der Waals surface area contributed by atoms with Crippen molar-refractivity contribution in [2.75, 3.05) is 26.4 Å². The number of hydrogen-bond acceptors (Lipinski definition) is 25. The number of ether oxygens (including phenoxy) is 10. The Morgan fingerprint density at radius 2 is 1.05 bits per heavy atom. The van der Waals surface area contributed by atoms with Crippen molar-refractivity contribution in [3.63, 3.8) is 0 Å². The fraction of sp³-hybridized carbons (Fsp3) is 0.912. The predicted molar refractivity (Wildman–Crippen MR) is 187 cm³/mol. The fourth-order valence-electron chi connectivity index (χ4n) is 8.22. The van der Waals surface area contributed by atoms with E-state index in [9.17, 15) is 80.8 Å². The van der Waals surface area contributed by atoms with Crippen LogP contribution in [0.2, 0.25) is 0 Å². The van der Waals surface area contributed by atoms with Gasteiger partial charge in [-0.15, -0.1) is 0 Å². The van der Waals surface area contributed by atoms with Crippen LogP contribution in [0.15, 0.2) is 0 Å². The van der Waals surface area contributed by atoms with Gasteiger partial charge in [0.1, 0.15) is 116 Å². The Morgan fingerprint density at radius 3 is 1.61 bits per heavy atom. The van der Waals surface area contributed by atoms with Gasteiger partial charge in [-0.1, -0.05) is 0 Å². The number of aliphatic hydroxyl groups excluding tert-OH is 12. The van der Waals surface area contributed by atoms with Gasteiger partial charge in [0.2, 0.25) is 11.8 Å². The zero-order chi connectivity index (χ0) is 45.5. The van der Waals surface area contributed by atoms with Crippen molar-refractivity contribution in [3.8, 4) is 0 Å². The third-order valence-corrected chi connectivity index (χ3v) is 11.3. The highest BCUT2D eigenvalue weighted by Crippen LogP contribution is 2.38. The Balaban J connectivity index is 1.46. The number of nitrogens with one attached hydrogen (secondary N) is 2. The molecule has 7 aliphatic heterocycles. The van der Waals surface area contributed by atoms with E-state index in [0.29, 0.717) is 0 Å². The number of rotatable bonds is 10. The Kier molecular flexibility index (Phi) is 16.1. The minimum absolute atomic E-state index is 0.794. The van der Waals surface area contributed by atoms with Gasteiger partial charge in [-0.3, -0.25) is 9.59 Å². The second kappa shape index (κ2) is 20.4. The summed E-state index contributed by atoms with van der Waals surface area (Å²) in [6, 6.07) is -3.42. The average Bonchev–Trinajstić information content (AvgIpc) is 3.67. The largest absolute Gasteiger partial charge is 0.479 e. The number of amides is 2. The molecule has 7 fully saturated rings. The van der Waals surface area contributed by atoms with Crippen molar-refractivity contribution < 1.29 is 128 Å². The number of carbonyl (C=O) groups is 3. The fourth-order valence-corrected chi connectivity index (χ4v) is 8.22. The molecule has 7 heterocycles. The van der Waals surface area contributed by atoms with Crippen LogP contribution < -0.4 is 10.6 Å². The predicted octanol–water partition coefficient (Wildman–Crippen LogP) is -10.5. The molecule has 0 spiro atoms. The molecule has 0 aromatic rings. The van der Waals surface area contributed by atoms with Gasteiger partial charge < -0.3 is 124 Å². The molecule has 0 unspecified atom stereocenters. The zero-order valence-corrected chi connectivity index (χ0v) is 32.9. The van der Waals surface area contributed by atoms with Crippen molar-refractivity contribution in [2.45, 2.75) is 167 Å². The van der Waals surface area contributed by atoms with E-state index in [1.54, 1.807) is 0 Å². The lowest BCUT2D eigenvalue weighted by Crippen LogP contribution is -2.70. The molecule has 356 valence electrons. The third kappa shape index (κ3) is 9.72. The SMILES string of the molecule is CC(=O)N[C@H]1[C@@H]2O[C@H](CO)[C@@H]3O[C@@H](O[C@H]4[C@H](O)[C@@H](CO)O[C@@H](O[C@H]5[C@@H](O[C@@H]([C@@H]1O)[C@@H](CO)O2)O[C@H](C(=O)O)[C@@H](O[C@@H]1O[C@@H]([C@H](O)CO)[C@H](O)[C@H]1O)[C@@H]5O)[C@@H]4NC(C)=O)[C@H](O)[C@H]3O. The Labute approximate surface area is 350 Å². The Bertz CT molecular complexity index is 1540. The lowest BCUT2D eigenvalue weighted by Gasteiger charge is -2.50. The van der Waals surface area contributed by atoms with Gasteiger partial charge >= 0.3 is 5.97 Å². The molecule has 0 aliphatic carbocycles. The first-order chi connectivity index (χ1) is 29.3. The summed E-state index contributed by atoms with van der Waals surface area (Å²) in [5.74, 6) is -3.49. The molecule has 7 saturated heterocycles. The van der Waals surface area contributed by atoms with Crippen molar-refractivity contribution in [2.24, 2.45) is 0 Å². The first-order valence-electron chi connectivity index (χ1n) is 19.5. The molecule has 7 aliphatic rings. The monoisotopic (exact) mass is 906 g/mol. The summed E-state index contributed by atoms with van der Waals surface area (Å²) in [7, 11) is 0. The summed E-state index contributed by atoms with van der Waals surface area (Å²) in [6.45, 7) is -1.88. The van der Waals surface area contributed by atoms with E-state index >= 15 is 0 Å². The first-order valence-corrected chi connectivity index (χ1v) is 19.5. The second-order valence-corrected chi connectivity index (χ2v) is 15.5. The van der Waals surface area contributed by atoms with Crippen molar-refractivity contribution in [3.05, 3.63) is 0 Å². The van der Waals surface area contributed by atoms with E-state index < -0.39 is 198 Å². The molecular formula is C34H54N2O26. The van der Waals surface area contributed by atoms with E-state index in [1.165, 1.54) is 0 Å². The minimum Gasteiger partial charge on any atom is -0.479 e. The summed E-state index contributed by atoms with van der Waals surface area (Å²) < 4.78 is 58.3. The van der Waals surface area contributed by atoms with Crippen molar-refractivity contribution in [1.29, 1.82) is 0 Å². The lowest BCUT2D eigenvalue weighted by molar-refractivity contribution is -0.384. The number of fused-ring (bicyclic) bond motifs is 3. The topological polar surface area (TPSA) is 431 Å². The normalized spacial score (nSPS) is 49.1. The molecule has 0 saturated carbocycles. The van der Waals surface area contributed by atoms with E-state index in [0.717, 1.165) is 13.8 Å². The standard InChI is InChI=1S/C34H54N2O26/c1-7(41)35-13-16(45)23-11(5-39)54-30(13)55-12(6-40)24-18(47)20(49)33(57-24)59-25-14(36-8(2)42)31(53-10(4-38)15(25)44)61-27-21(50)26(28(29(51)52)62-34(27)58-23)60-32-19(48)17(46)22(56-32)9(43)3-37/h9-28,30-34,37-40,43-50H,3-6H2,1-2H3,(H,35,41)(H,36,42)(H,51,52)/t9-,10-,11-,12-,13-,14-,15-,16-,17-,18-,19-,20-,21+,22+,23-,24+,25-,26+,27-,28+,30+,31+,32+,33+,34+/m1/s1. The lowest BCUT2D eigenvalue weighted by atomic mass is 9.94. The maximum absolute atomic E-state index is 12.8. The summed E-state index contributed by atoms with van der Waals surface area (Å²) >= 11 is 0. The average molecular weight is 907 g/mol. The Morgan fingerprint density at radius 1 is 0.532 bits per heavy atom. The zero-order valence-electron chi connectivity index (χ0n) is 32.9. The molecule has 0 aromatic heterocycles. The molecule has 15 N–H and O–H groups in total. The highest BCUT2D eigenvalue weighted by atomic mass is 16.8. The molecule has 6 bridgehead atoms. The smallest absolute Gasteiger partial charge is 0.335 e. The molecule has 2 amide bonds. The number of aliphatic hydroxyl groups is 12. The molecule has 7 rings (SSSR count). The maximum Gasteiger partial charge on any atom is 0.335 e.